The highest BCUT2D eigenvalue weighted by Gasteiger charge is 2.07. The molecule has 1 aromatic heterocycles. The van der Waals surface area contributed by atoms with Gasteiger partial charge in [-0.1, -0.05) is 23.9 Å². The molecule has 3 N–H and O–H groups in total. The van der Waals surface area contributed by atoms with E-state index < -0.39 is 5.76 Å². The fraction of sp³-hybridized carbons (Fsp3) is 0.389. The number of furan rings is 1. The zero-order valence-electron chi connectivity index (χ0n) is 14.7. The third kappa shape index (κ3) is 7.45. The first kappa shape index (κ1) is 20.3. The highest BCUT2D eigenvalue weighted by atomic mass is 32.2. The van der Waals surface area contributed by atoms with Crippen molar-refractivity contribution in [3.8, 4) is 0 Å². The molecule has 0 aliphatic heterocycles. The van der Waals surface area contributed by atoms with Gasteiger partial charge in [0.05, 0.1) is 12.3 Å². The number of amides is 2. The minimum Gasteiger partial charge on any atom is -0.464 e. The van der Waals surface area contributed by atoms with Crippen LogP contribution in [0.3, 0.4) is 0 Å². The first-order chi connectivity index (χ1) is 12.4. The first-order valence-electron chi connectivity index (χ1n) is 8.27. The maximum atomic E-state index is 12.2. The molecule has 0 saturated carbocycles. The van der Waals surface area contributed by atoms with Crippen LogP contribution in [0.25, 0.3) is 0 Å². The number of carbonyl (C=O) groups excluding carboxylic acids is 1. The summed E-state index contributed by atoms with van der Waals surface area (Å²) in [5.74, 6) is -0.979. The summed E-state index contributed by atoms with van der Waals surface area (Å²) in [4.78, 5) is 11.6. The lowest BCUT2D eigenvalue weighted by Crippen LogP contribution is -2.34. The average Bonchev–Trinajstić information content (AvgIpc) is 3.01. The van der Waals surface area contributed by atoms with Gasteiger partial charge in [-0.3, -0.25) is 0 Å². The Kier molecular flexibility index (Phi) is 7.93. The van der Waals surface area contributed by atoms with Crippen LogP contribution in [-0.2, 0) is 18.8 Å². The molecule has 8 heteroatoms. The van der Waals surface area contributed by atoms with Crippen LogP contribution in [-0.4, -0.2) is 17.8 Å². The molecule has 2 amide bonds. The number of rotatable bonds is 9. The maximum absolute atomic E-state index is 12.2. The lowest BCUT2D eigenvalue weighted by molar-refractivity contribution is 0.249. The van der Waals surface area contributed by atoms with Crippen molar-refractivity contribution >= 4 is 23.5 Å². The minimum atomic E-state index is -2.39. The largest absolute Gasteiger partial charge is 0.464 e. The second-order valence-corrected chi connectivity index (χ2v) is 6.97. The van der Waals surface area contributed by atoms with E-state index in [4.69, 9.17) is 4.42 Å². The van der Waals surface area contributed by atoms with Gasteiger partial charge in [0.1, 0.15) is 11.5 Å². The molecule has 26 heavy (non-hydrogen) atoms. The highest BCUT2D eigenvalue weighted by Crippen LogP contribution is 2.21. The number of urea groups is 1. The summed E-state index contributed by atoms with van der Waals surface area (Å²) < 4.78 is 29.8. The molecule has 1 heterocycles. The van der Waals surface area contributed by atoms with E-state index in [1.165, 1.54) is 0 Å². The third-order valence-electron chi connectivity index (χ3n) is 3.33. The van der Waals surface area contributed by atoms with Crippen molar-refractivity contribution in [1.29, 1.82) is 0 Å². The number of alkyl halides is 2. The van der Waals surface area contributed by atoms with Crippen molar-refractivity contribution in [2.75, 3.05) is 5.32 Å². The molecule has 1 aromatic carbocycles. The summed E-state index contributed by atoms with van der Waals surface area (Å²) in [6, 6.07) is 10.9. The van der Waals surface area contributed by atoms with Crippen molar-refractivity contribution in [2.24, 2.45) is 0 Å². The van der Waals surface area contributed by atoms with E-state index in [1.807, 2.05) is 38.1 Å². The standard InChI is InChI=1S/C18H23F2N3O2S/c1-12(2)22-18(24)23-14-5-3-13(4-6-14)9-21-10-15-7-8-16(25-15)11-26-17(19)20/h3-8,12,17,21H,9-11H2,1-2H3,(H2,22,23,24). The van der Waals surface area contributed by atoms with Gasteiger partial charge in [0.2, 0.25) is 0 Å². The van der Waals surface area contributed by atoms with E-state index in [2.05, 4.69) is 16.0 Å². The van der Waals surface area contributed by atoms with Gasteiger partial charge in [-0.05, 0) is 43.7 Å². The lowest BCUT2D eigenvalue weighted by Gasteiger charge is -2.10. The van der Waals surface area contributed by atoms with Crippen molar-refractivity contribution in [2.45, 2.75) is 44.5 Å². The summed E-state index contributed by atoms with van der Waals surface area (Å²) >= 11 is 0.545. The minimum absolute atomic E-state index is 0.0783. The zero-order chi connectivity index (χ0) is 18.9. The quantitative estimate of drug-likeness (QED) is 0.594. The molecule has 2 aromatic rings. The van der Waals surface area contributed by atoms with E-state index in [0.29, 0.717) is 36.4 Å². The molecule has 0 aliphatic rings. The number of hydrogen-bond acceptors (Lipinski definition) is 4. The number of anilines is 1. The van der Waals surface area contributed by atoms with Crippen molar-refractivity contribution in [1.82, 2.24) is 10.6 Å². The van der Waals surface area contributed by atoms with Gasteiger partial charge < -0.3 is 20.4 Å². The Morgan fingerprint density at radius 1 is 1.08 bits per heavy atom. The Hall–Kier alpha value is -2.06. The van der Waals surface area contributed by atoms with Crippen LogP contribution in [0.1, 0.15) is 30.9 Å². The molecular formula is C18H23F2N3O2S. The van der Waals surface area contributed by atoms with E-state index in [0.717, 1.165) is 11.3 Å². The summed E-state index contributed by atoms with van der Waals surface area (Å²) in [5.41, 5.74) is 1.78. The molecule has 0 aliphatic carbocycles. The molecule has 5 nitrogen and oxygen atoms in total. The monoisotopic (exact) mass is 383 g/mol. The molecule has 0 unspecified atom stereocenters. The fourth-order valence-corrected chi connectivity index (χ4v) is 2.65. The second kappa shape index (κ2) is 10.2. The van der Waals surface area contributed by atoms with Crippen molar-refractivity contribution in [3.05, 3.63) is 53.5 Å². The summed E-state index contributed by atoms with van der Waals surface area (Å²) in [6.07, 6.45) is 0. The van der Waals surface area contributed by atoms with Crippen LogP contribution in [0, 0.1) is 0 Å². The molecule has 142 valence electrons. The van der Waals surface area contributed by atoms with Gasteiger partial charge in [0.25, 0.3) is 5.76 Å². The molecule has 0 bridgehead atoms. The molecule has 0 atom stereocenters. The van der Waals surface area contributed by atoms with Crippen LogP contribution in [0.2, 0.25) is 0 Å². The predicted molar refractivity (Wildman–Crippen MR) is 100 cm³/mol. The zero-order valence-corrected chi connectivity index (χ0v) is 15.5. The Labute approximate surface area is 155 Å². The van der Waals surface area contributed by atoms with Gasteiger partial charge in [-0.15, -0.1) is 0 Å². The van der Waals surface area contributed by atoms with E-state index in [1.54, 1.807) is 12.1 Å². The molecule has 0 saturated heterocycles. The Morgan fingerprint density at radius 2 is 1.77 bits per heavy atom. The summed E-state index contributed by atoms with van der Waals surface area (Å²) in [5, 5.41) is 8.76. The van der Waals surface area contributed by atoms with Crippen LogP contribution < -0.4 is 16.0 Å². The van der Waals surface area contributed by atoms with Gasteiger partial charge in [0, 0.05) is 18.3 Å². The number of nitrogens with one attached hydrogen (secondary N) is 3. The van der Waals surface area contributed by atoms with E-state index in [9.17, 15) is 13.6 Å². The molecule has 2 rings (SSSR count). The second-order valence-electron chi connectivity index (χ2n) is 5.99. The van der Waals surface area contributed by atoms with Crippen LogP contribution in [0.4, 0.5) is 19.3 Å². The van der Waals surface area contributed by atoms with Gasteiger partial charge >= 0.3 is 6.03 Å². The molecule has 0 fully saturated rings. The van der Waals surface area contributed by atoms with Crippen LogP contribution >= 0.6 is 11.8 Å². The Bertz CT molecular complexity index is 690. The SMILES string of the molecule is CC(C)NC(=O)Nc1ccc(CNCc2ccc(CSC(F)F)o2)cc1. The normalized spacial score (nSPS) is 11.2. The van der Waals surface area contributed by atoms with Gasteiger partial charge in [0.15, 0.2) is 0 Å². The van der Waals surface area contributed by atoms with Crippen molar-refractivity contribution < 1.29 is 18.0 Å². The van der Waals surface area contributed by atoms with Crippen LogP contribution in [0.15, 0.2) is 40.8 Å². The molecule has 0 radical (unpaired) electrons. The fourth-order valence-electron chi connectivity index (χ4n) is 2.21. The average molecular weight is 383 g/mol. The van der Waals surface area contributed by atoms with Gasteiger partial charge in [-0.2, -0.15) is 8.78 Å². The number of halogens is 2. The summed E-state index contributed by atoms with van der Waals surface area (Å²) in [7, 11) is 0. The highest BCUT2D eigenvalue weighted by molar-refractivity contribution is 7.98. The third-order valence-corrected chi connectivity index (χ3v) is 4.03. The van der Waals surface area contributed by atoms with Crippen LogP contribution in [0.5, 0.6) is 0 Å². The number of carbonyl (C=O) groups is 1. The van der Waals surface area contributed by atoms with Gasteiger partial charge in [-0.25, -0.2) is 4.79 Å². The summed E-state index contributed by atoms with van der Waals surface area (Å²) in [6.45, 7) is 4.93. The van der Waals surface area contributed by atoms with E-state index in [-0.39, 0.29) is 17.8 Å². The predicted octanol–water partition coefficient (Wildman–Crippen LogP) is 4.56. The number of benzene rings is 1. The maximum Gasteiger partial charge on any atom is 0.319 e. The van der Waals surface area contributed by atoms with Crippen molar-refractivity contribution in [3.63, 3.8) is 0 Å². The smallest absolute Gasteiger partial charge is 0.319 e. The van der Waals surface area contributed by atoms with E-state index >= 15 is 0 Å². The first-order valence-corrected chi connectivity index (χ1v) is 9.32. The Balaban J connectivity index is 1.73. The number of hydrogen-bond donors (Lipinski definition) is 3. The molecular weight excluding hydrogens is 360 g/mol. The topological polar surface area (TPSA) is 66.3 Å². The molecule has 0 spiro atoms. The lowest BCUT2D eigenvalue weighted by atomic mass is 10.2. The number of thioether (sulfide) groups is 1. The Morgan fingerprint density at radius 3 is 2.42 bits per heavy atom.